The van der Waals surface area contributed by atoms with Gasteiger partial charge in [0.25, 0.3) is 0 Å². The number of esters is 1. The molecule has 0 aliphatic rings. The maximum atomic E-state index is 12.2. The van der Waals surface area contributed by atoms with Crippen molar-refractivity contribution in [1.82, 2.24) is 15.0 Å². The van der Waals surface area contributed by atoms with Gasteiger partial charge in [0.1, 0.15) is 17.9 Å². The molecule has 0 spiro atoms. The van der Waals surface area contributed by atoms with Crippen LogP contribution in [0.1, 0.15) is 35.6 Å². The summed E-state index contributed by atoms with van der Waals surface area (Å²) >= 11 is 0. The van der Waals surface area contributed by atoms with Crippen LogP contribution in [-0.2, 0) is 9.47 Å². The molecule has 1 N–H and O–H groups in total. The Morgan fingerprint density at radius 2 is 1.86 bits per heavy atom. The first-order valence-corrected chi connectivity index (χ1v) is 9.48. The summed E-state index contributed by atoms with van der Waals surface area (Å²) in [4.78, 5) is 25.8. The van der Waals surface area contributed by atoms with Crippen LogP contribution in [0.4, 0.5) is 5.82 Å². The lowest BCUT2D eigenvalue weighted by Crippen LogP contribution is -2.28. The zero-order chi connectivity index (χ0) is 21.1. The van der Waals surface area contributed by atoms with Gasteiger partial charge in [0.05, 0.1) is 23.9 Å². The second-order valence-corrected chi connectivity index (χ2v) is 7.19. The van der Waals surface area contributed by atoms with Crippen LogP contribution in [0.15, 0.2) is 30.5 Å². The van der Waals surface area contributed by atoms with E-state index in [0.29, 0.717) is 16.9 Å². The molecule has 0 fully saturated rings. The topological polar surface area (TPSA) is 86.2 Å². The molecule has 2 aromatic heterocycles. The number of benzene rings is 1. The van der Waals surface area contributed by atoms with Crippen molar-refractivity contribution in [3.63, 3.8) is 0 Å². The Labute approximate surface area is 170 Å². The predicted molar refractivity (Wildman–Crippen MR) is 113 cm³/mol. The Balaban J connectivity index is 2.19. The van der Waals surface area contributed by atoms with Gasteiger partial charge in [0.2, 0.25) is 0 Å². The Bertz CT molecular complexity index is 1050. The molecule has 1 atom stereocenters. The van der Waals surface area contributed by atoms with Crippen LogP contribution in [0, 0.1) is 19.8 Å². The van der Waals surface area contributed by atoms with Crippen LogP contribution >= 0.6 is 0 Å². The number of carbonyl (C=O) groups is 1. The molecule has 1 aromatic carbocycles. The van der Waals surface area contributed by atoms with Gasteiger partial charge in [-0.3, -0.25) is 4.98 Å². The van der Waals surface area contributed by atoms with E-state index in [2.05, 4.69) is 29.1 Å². The highest BCUT2D eigenvalue weighted by Gasteiger charge is 2.20. The van der Waals surface area contributed by atoms with Gasteiger partial charge in [-0.2, -0.15) is 0 Å². The number of nitrogens with one attached hydrogen (secondary N) is 1. The van der Waals surface area contributed by atoms with Crippen molar-refractivity contribution in [2.45, 2.75) is 33.9 Å². The molecule has 152 valence electrons. The molecule has 0 radical (unpaired) electrons. The summed E-state index contributed by atoms with van der Waals surface area (Å²) in [6, 6.07) is 7.38. The molecule has 0 aliphatic carbocycles. The van der Waals surface area contributed by atoms with Crippen LogP contribution in [0.2, 0.25) is 0 Å². The number of ether oxygens (including phenoxy) is 2. The minimum Gasteiger partial charge on any atom is -0.465 e. The number of hydrogen-bond donors (Lipinski definition) is 1. The number of carbonyl (C=O) groups excluding carboxylic acids is 1. The van der Waals surface area contributed by atoms with Crippen LogP contribution < -0.4 is 5.32 Å². The Kier molecular flexibility index (Phi) is 6.08. The Morgan fingerprint density at radius 3 is 2.52 bits per heavy atom. The molecule has 7 heteroatoms. The zero-order valence-electron chi connectivity index (χ0n) is 17.6. The fourth-order valence-electron chi connectivity index (χ4n) is 3.32. The quantitative estimate of drug-likeness (QED) is 0.497. The summed E-state index contributed by atoms with van der Waals surface area (Å²) in [6.45, 7) is 7.99. The van der Waals surface area contributed by atoms with Crippen molar-refractivity contribution in [1.29, 1.82) is 0 Å². The second kappa shape index (κ2) is 8.53. The number of aromatic nitrogens is 3. The van der Waals surface area contributed by atoms with E-state index in [-0.39, 0.29) is 12.1 Å². The SMILES string of the molecule is COC(=O)c1ccc(-c2nc(C)nc(NC(OC)C(C)C)c2C)c2cccnc12. The number of fused-ring (bicyclic) bond motifs is 1. The normalized spacial score (nSPS) is 12.2. The maximum absolute atomic E-state index is 12.2. The third-order valence-electron chi connectivity index (χ3n) is 4.83. The fourth-order valence-corrected chi connectivity index (χ4v) is 3.32. The molecule has 3 aromatic rings. The third-order valence-corrected chi connectivity index (χ3v) is 4.83. The highest BCUT2D eigenvalue weighted by atomic mass is 16.5. The molecule has 29 heavy (non-hydrogen) atoms. The van der Waals surface area contributed by atoms with E-state index in [0.717, 1.165) is 28.0 Å². The van der Waals surface area contributed by atoms with Gasteiger partial charge in [0.15, 0.2) is 0 Å². The highest BCUT2D eigenvalue weighted by molar-refractivity contribution is 6.07. The molecule has 0 saturated heterocycles. The van der Waals surface area contributed by atoms with Crippen LogP contribution in [0.25, 0.3) is 22.2 Å². The lowest BCUT2D eigenvalue weighted by atomic mass is 9.98. The van der Waals surface area contributed by atoms with Crippen LogP contribution in [0.3, 0.4) is 0 Å². The molecule has 1 unspecified atom stereocenters. The fraction of sp³-hybridized carbons (Fsp3) is 0.364. The van der Waals surface area contributed by atoms with E-state index in [9.17, 15) is 4.79 Å². The summed E-state index contributed by atoms with van der Waals surface area (Å²) in [7, 11) is 3.04. The first kappa shape index (κ1) is 20.7. The lowest BCUT2D eigenvalue weighted by Gasteiger charge is -2.23. The summed E-state index contributed by atoms with van der Waals surface area (Å²) in [6.07, 6.45) is 1.49. The van der Waals surface area contributed by atoms with E-state index in [1.54, 1.807) is 19.4 Å². The van der Waals surface area contributed by atoms with Crippen LogP contribution in [0.5, 0.6) is 0 Å². The Hall–Kier alpha value is -3.06. The van der Waals surface area contributed by atoms with Crippen molar-refractivity contribution in [2.75, 3.05) is 19.5 Å². The molecular weight excluding hydrogens is 368 g/mol. The van der Waals surface area contributed by atoms with Gasteiger partial charge >= 0.3 is 5.97 Å². The van der Waals surface area contributed by atoms with Gasteiger partial charge in [0, 0.05) is 29.8 Å². The maximum Gasteiger partial charge on any atom is 0.340 e. The molecule has 0 amide bonds. The van der Waals surface area contributed by atoms with E-state index in [1.807, 2.05) is 32.0 Å². The molecule has 0 bridgehead atoms. The average Bonchev–Trinajstić information content (AvgIpc) is 2.72. The summed E-state index contributed by atoms with van der Waals surface area (Å²) in [5, 5.41) is 4.20. The van der Waals surface area contributed by atoms with Gasteiger partial charge in [-0.05, 0) is 31.9 Å². The van der Waals surface area contributed by atoms with Crippen molar-refractivity contribution in [2.24, 2.45) is 5.92 Å². The molecule has 0 aliphatic heterocycles. The first-order valence-electron chi connectivity index (χ1n) is 9.48. The van der Waals surface area contributed by atoms with E-state index < -0.39 is 5.97 Å². The van der Waals surface area contributed by atoms with E-state index in [1.165, 1.54) is 7.11 Å². The zero-order valence-corrected chi connectivity index (χ0v) is 17.6. The molecule has 2 heterocycles. The van der Waals surface area contributed by atoms with E-state index >= 15 is 0 Å². The molecule has 0 saturated carbocycles. The van der Waals surface area contributed by atoms with Crippen LogP contribution in [-0.4, -0.2) is 41.4 Å². The minimum absolute atomic E-state index is 0.170. The lowest BCUT2D eigenvalue weighted by molar-refractivity contribution is 0.0603. The van der Waals surface area contributed by atoms with Crippen molar-refractivity contribution < 1.29 is 14.3 Å². The van der Waals surface area contributed by atoms with E-state index in [4.69, 9.17) is 14.5 Å². The number of rotatable bonds is 6. The molecule has 7 nitrogen and oxygen atoms in total. The van der Waals surface area contributed by atoms with Gasteiger partial charge < -0.3 is 14.8 Å². The summed E-state index contributed by atoms with van der Waals surface area (Å²) < 4.78 is 10.4. The minimum atomic E-state index is -0.418. The number of methoxy groups -OCH3 is 2. The Morgan fingerprint density at radius 1 is 1.10 bits per heavy atom. The number of nitrogens with zero attached hydrogens (tertiary/aromatic N) is 3. The van der Waals surface area contributed by atoms with Crippen molar-refractivity contribution in [3.05, 3.63) is 47.4 Å². The number of anilines is 1. The highest BCUT2D eigenvalue weighted by Crippen LogP contribution is 2.33. The number of aryl methyl sites for hydroxylation is 1. The summed E-state index contributed by atoms with van der Waals surface area (Å²) in [5.74, 6) is 1.21. The van der Waals surface area contributed by atoms with Gasteiger partial charge in [-0.25, -0.2) is 14.8 Å². The second-order valence-electron chi connectivity index (χ2n) is 7.19. The monoisotopic (exact) mass is 394 g/mol. The standard InChI is InChI=1S/C22H26N4O3/c1-12(2)21(28-5)26-20-13(3)18(24-14(4)25-20)16-9-10-17(22(27)29-6)19-15(16)8-7-11-23-19/h7-12,21H,1-6H3,(H,24,25,26). The predicted octanol–water partition coefficient (Wildman–Crippen LogP) is 4.14. The average molecular weight is 394 g/mol. The largest absolute Gasteiger partial charge is 0.465 e. The number of hydrogen-bond acceptors (Lipinski definition) is 7. The van der Waals surface area contributed by atoms with Crippen molar-refractivity contribution in [3.8, 4) is 11.3 Å². The molecule has 3 rings (SSSR count). The molecular formula is C22H26N4O3. The smallest absolute Gasteiger partial charge is 0.340 e. The number of pyridine rings is 1. The van der Waals surface area contributed by atoms with Gasteiger partial charge in [-0.15, -0.1) is 0 Å². The van der Waals surface area contributed by atoms with Gasteiger partial charge in [-0.1, -0.05) is 26.0 Å². The van der Waals surface area contributed by atoms with Crippen molar-refractivity contribution >= 4 is 22.7 Å². The summed E-state index contributed by atoms with van der Waals surface area (Å²) in [5.41, 5.74) is 3.57. The third kappa shape index (κ3) is 4.05. The first-order chi connectivity index (χ1) is 13.9.